The van der Waals surface area contributed by atoms with Gasteiger partial charge >= 0.3 is 6.18 Å². The second-order valence-corrected chi connectivity index (χ2v) is 6.19. The fourth-order valence-corrected chi connectivity index (χ4v) is 2.76. The summed E-state index contributed by atoms with van der Waals surface area (Å²) in [6.45, 7) is 0.255. The van der Waals surface area contributed by atoms with Crippen molar-refractivity contribution in [1.82, 2.24) is 4.98 Å². The monoisotopic (exact) mass is 423 g/mol. The molecule has 158 valence electrons. The van der Waals surface area contributed by atoms with Crippen LogP contribution in [0.15, 0.2) is 42.6 Å². The lowest BCUT2D eigenvalue weighted by atomic mass is 10.1. The Hall–Kier alpha value is -3.60. The van der Waals surface area contributed by atoms with Gasteiger partial charge in [-0.05, 0) is 24.3 Å². The molecule has 1 heterocycles. The van der Waals surface area contributed by atoms with Crippen LogP contribution in [0, 0.1) is 10.1 Å². The Balaban J connectivity index is 1.95. The van der Waals surface area contributed by atoms with E-state index in [0.29, 0.717) is 5.52 Å². The molecule has 3 rings (SSSR count). The highest BCUT2D eigenvalue weighted by atomic mass is 19.4. The lowest BCUT2D eigenvalue weighted by Crippen LogP contribution is -2.15. The van der Waals surface area contributed by atoms with Gasteiger partial charge in [0.05, 0.1) is 28.3 Å². The number of aromatic nitrogens is 1. The molecule has 0 radical (unpaired) electrons. The number of H-pyrrole nitrogens is 1. The van der Waals surface area contributed by atoms with Gasteiger partial charge in [0.25, 0.3) is 11.6 Å². The molecule has 1 aromatic heterocycles. The molecule has 0 atom stereocenters. The van der Waals surface area contributed by atoms with Crippen LogP contribution in [0.4, 0.5) is 24.5 Å². The van der Waals surface area contributed by atoms with E-state index in [4.69, 9.17) is 9.47 Å². The number of carbonyl (C=O) groups excluding carboxylic acids is 1. The van der Waals surface area contributed by atoms with E-state index >= 15 is 0 Å². The van der Waals surface area contributed by atoms with Gasteiger partial charge in [0.1, 0.15) is 12.4 Å². The Bertz CT molecular complexity index is 1090. The van der Waals surface area contributed by atoms with Crippen molar-refractivity contribution in [2.75, 3.05) is 25.6 Å². The molecule has 11 heteroatoms. The van der Waals surface area contributed by atoms with E-state index in [1.807, 2.05) is 0 Å². The molecule has 2 N–H and O–H groups in total. The van der Waals surface area contributed by atoms with Gasteiger partial charge in [-0.15, -0.1) is 0 Å². The van der Waals surface area contributed by atoms with Crippen molar-refractivity contribution in [3.05, 3.63) is 63.8 Å². The van der Waals surface area contributed by atoms with Crippen LogP contribution in [0.1, 0.15) is 15.9 Å². The van der Waals surface area contributed by atoms with Crippen molar-refractivity contribution in [2.45, 2.75) is 6.18 Å². The maximum absolute atomic E-state index is 13.1. The number of alkyl halides is 3. The van der Waals surface area contributed by atoms with E-state index in [9.17, 15) is 28.1 Å². The molecule has 0 fully saturated rings. The highest BCUT2D eigenvalue weighted by Crippen LogP contribution is 2.35. The van der Waals surface area contributed by atoms with Gasteiger partial charge in [-0.25, -0.2) is 0 Å². The summed E-state index contributed by atoms with van der Waals surface area (Å²) in [6.07, 6.45) is -3.30. The van der Waals surface area contributed by atoms with Gasteiger partial charge in [-0.2, -0.15) is 13.2 Å². The van der Waals surface area contributed by atoms with Gasteiger partial charge in [-0.1, -0.05) is 0 Å². The number of non-ortho nitro benzene ring substituents is 1. The minimum atomic E-state index is -4.62. The summed E-state index contributed by atoms with van der Waals surface area (Å²) < 4.78 is 49.6. The Morgan fingerprint density at radius 3 is 2.63 bits per heavy atom. The molecule has 0 saturated heterocycles. The van der Waals surface area contributed by atoms with Crippen LogP contribution in [0.5, 0.6) is 5.75 Å². The lowest BCUT2D eigenvalue weighted by molar-refractivity contribution is -0.384. The lowest BCUT2D eigenvalue weighted by Gasteiger charge is -2.15. The zero-order valence-electron chi connectivity index (χ0n) is 15.6. The van der Waals surface area contributed by atoms with Crippen molar-refractivity contribution >= 4 is 28.2 Å². The van der Waals surface area contributed by atoms with Crippen LogP contribution in [0.25, 0.3) is 10.9 Å². The first kappa shape index (κ1) is 21.1. The Kier molecular flexibility index (Phi) is 5.92. The average molecular weight is 423 g/mol. The quantitative estimate of drug-likeness (QED) is 0.333. The van der Waals surface area contributed by atoms with E-state index in [1.165, 1.54) is 31.5 Å². The van der Waals surface area contributed by atoms with E-state index in [-0.39, 0.29) is 41.3 Å². The second-order valence-electron chi connectivity index (χ2n) is 6.19. The summed E-state index contributed by atoms with van der Waals surface area (Å²) in [5.41, 5.74) is -0.878. The third-order valence-electron chi connectivity index (χ3n) is 4.22. The summed E-state index contributed by atoms with van der Waals surface area (Å²) in [6, 6.07) is 6.63. The minimum Gasteiger partial charge on any atom is -0.489 e. The first-order valence-electron chi connectivity index (χ1n) is 8.60. The maximum Gasteiger partial charge on any atom is 0.416 e. The molecular formula is C19H16F3N3O5. The number of amides is 1. The second kappa shape index (κ2) is 8.41. The molecular weight excluding hydrogens is 407 g/mol. The zero-order chi connectivity index (χ0) is 21.9. The van der Waals surface area contributed by atoms with Crippen LogP contribution in [0.2, 0.25) is 0 Å². The van der Waals surface area contributed by atoms with Crippen LogP contribution in [-0.2, 0) is 10.9 Å². The molecule has 3 aromatic rings. The van der Waals surface area contributed by atoms with Crippen LogP contribution in [-0.4, -0.2) is 36.1 Å². The Labute approximate surface area is 167 Å². The summed E-state index contributed by atoms with van der Waals surface area (Å²) in [5, 5.41) is 13.7. The summed E-state index contributed by atoms with van der Waals surface area (Å²) in [5.74, 6) is -0.725. The van der Waals surface area contributed by atoms with Gasteiger partial charge in [0, 0.05) is 36.3 Å². The minimum absolute atomic E-state index is 0.0271. The smallest absolute Gasteiger partial charge is 0.416 e. The molecule has 0 aliphatic heterocycles. The fraction of sp³-hybridized carbons (Fsp3) is 0.211. The topological polar surface area (TPSA) is 106 Å². The number of fused-ring (bicyclic) bond motifs is 1. The number of aromatic amines is 1. The van der Waals surface area contributed by atoms with Crippen molar-refractivity contribution < 1.29 is 32.4 Å². The molecule has 0 bridgehead atoms. The van der Waals surface area contributed by atoms with Gasteiger partial charge in [-0.3, -0.25) is 14.9 Å². The third-order valence-corrected chi connectivity index (χ3v) is 4.22. The molecule has 0 saturated carbocycles. The highest BCUT2D eigenvalue weighted by Gasteiger charge is 2.31. The third kappa shape index (κ3) is 4.51. The van der Waals surface area contributed by atoms with E-state index in [2.05, 4.69) is 10.3 Å². The van der Waals surface area contributed by atoms with Crippen molar-refractivity contribution in [3.63, 3.8) is 0 Å². The first-order chi connectivity index (χ1) is 14.2. The number of nitrogens with zero attached hydrogens (tertiary/aromatic N) is 1. The van der Waals surface area contributed by atoms with Gasteiger partial charge in [0.15, 0.2) is 0 Å². The predicted octanol–water partition coefficient (Wildman–Crippen LogP) is 4.37. The van der Waals surface area contributed by atoms with E-state index < -0.39 is 22.6 Å². The van der Waals surface area contributed by atoms with Crippen LogP contribution in [0.3, 0.4) is 0 Å². The summed E-state index contributed by atoms with van der Waals surface area (Å²) >= 11 is 0. The standard InChI is InChI=1S/C19H16F3N3O5/c1-29-6-7-30-17-5-2-11(19(20,21)22)8-16(17)24-18(26)14-10-23-15-4-3-12(25(27)28)9-13(14)15/h2-5,8-10,23H,6-7H2,1H3,(H,24,26). The Morgan fingerprint density at radius 1 is 1.20 bits per heavy atom. The molecule has 0 aliphatic rings. The number of halogens is 3. The largest absolute Gasteiger partial charge is 0.489 e. The molecule has 0 unspecified atom stereocenters. The number of anilines is 1. The maximum atomic E-state index is 13.1. The number of methoxy groups -OCH3 is 1. The van der Waals surface area contributed by atoms with Crippen molar-refractivity contribution in [2.24, 2.45) is 0 Å². The number of hydrogen-bond acceptors (Lipinski definition) is 5. The molecule has 8 nitrogen and oxygen atoms in total. The zero-order valence-corrected chi connectivity index (χ0v) is 15.6. The van der Waals surface area contributed by atoms with Crippen LogP contribution < -0.4 is 10.1 Å². The highest BCUT2D eigenvalue weighted by molar-refractivity contribution is 6.13. The van der Waals surface area contributed by atoms with Crippen molar-refractivity contribution in [1.29, 1.82) is 0 Å². The average Bonchev–Trinajstić information content (AvgIpc) is 3.11. The normalized spacial score (nSPS) is 11.5. The van der Waals surface area contributed by atoms with Crippen molar-refractivity contribution in [3.8, 4) is 5.75 Å². The molecule has 2 aromatic carbocycles. The van der Waals surface area contributed by atoms with Gasteiger partial charge in [0.2, 0.25) is 0 Å². The molecule has 1 amide bonds. The Morgan fingerprint density at radius 2 is 1.97 bits per heavy atom. The number of nitro benzene ring substituents is 1. The molecule has 0 spiro atoms. The van der Waals surface area contributed by atoms with E-state index in [1.54, 1.807) is 0 Å². The number of nitro groups is 1. The summed E-state index contributed by atoms with van der Waals surface area (Å²) in [4.78, 5) is 25.9. The summed E-state index contributed by atoms with van der Waals surface area (Å²) in [7, 11) is 1.44. The van der Waals surface area contributed by atoms with Crippen LogP contribution >= 0.6 is 0 Å². The van der Waals surface area contributed by atoms with Gasteiger partial charge < -0.3 is 19.8 Å². The number of ether oxygens (including phenoxy) is 2. The SMILES string of the molecule is COCCOc1ccc(C(F)(F)F)cc1NC(=O)c1c[nH]c2ccc([N+](=O)[O-])cc12. The fourth-order valence-electron chi connectivity index (χ4n) is 2.76. The molecule has 0 aliphatic carbocycles. The van der Waals surface area contributed by atoms with E-state index in [0.717, 1.165) is 18.2 Å². The first-order valence-corrected chi connectivity index (χ1v) is 8.60. The number of carbonyl (C=O) groups is 1. The number of hydrogen-bond donors (Lipinski definition) is 2. The number of rotatable bonds is 7. The predicted molar refractivity (Wildman–Crippen MR) is 102 cm³/mol. The molecule has 30 heavy (non-hydrogen) atoms. The number of benzene rings is 2. The number of nitrogens with one attached hydrogen (secondary N) is 2.